The van der Waals surface area contributed by atoms with Gasteiger partial charge in [-0.3, -0.25) is 0 Å². The third-order valence-electron chi connectivity index (χ3n) is 2.52. The third-order valence-corrected chi connectivity index (χ3v) is 3.25. The zero-order valence-corrected chi connectivity index (χ0v) is 11.5. The molecule has 0 aliphatic heterocycles. The second kappa shape index (κ2) is 7.82. The van der Waals surface area contributed by atoms with Crippen molar-refractivity contribution in [2.45, 2.75) is 20.3 Å². The highest BCUT2D eigenvalue weighted by molar-refractivity contribution is 7.07. The van der Waals surface area contributed by atoms with E-state index in [1.807, 2.05) is 0 Å². The molecule has 0 aliphatic carbocycles. The van der Waals surface area contributed by atoms with Gasteiger partial charge in [-0.15, -0.1) is 0 Å². The maximum absolute atomic E-state index is 3.49. The van der Waals surface area contributed by atoms with Gasteiger partial charge in [-0.25, -0.2) is 0 Å². The van der Waals surface area contributed by atoms with Crippen molar-refractivity contribution in [2.24, 2.45) is 5.92 Å². The van der Waals surface area contributed by atoms with E-state index in [2.05, 4.69) is 47.9 Å². The van der Waals surface area contributed by atoms with Gasteiger partial charge in [0.25, 0.3) is 0 Å². The third kappa shape index (κ3) is 6.26. The lowest BCUT2D eigenvalue weighted by atomic mass is 10.2. The van der Waals surface area contributed by atoms with E-state index in [0.29, 0.717) is 0 Å². The Morgan fingerprint density at radius 2 is 2.19 bits per heavy atom. The van der Waals surface area contributed by atoms with E-state index in [4.69, 9.17) is 0 Å². The van der Waals surface area contributed by atoms with E-state index in [9.17, 15) is 0 Å². The molecule has 0 saturated carbocycles. The van der Waals surface area contributed by atoms with Crippen LogP contribution in [-0.4, -0.2) is 38.1 Å². The van der Waals surface area contributed by atoms with E-state index in [1.165, 1.54) is 12.1 Å². The zero-order valence-electron chi connectivity index (χ0n) is 10.7. The molecule has 16 heavy (non-hydrogen) atoms. The van der Waals surface area contributed by atoms with Crippen molar-refractivity contribution in [1.82, 2.24) is 10.2 Å². The van der Waals surface area contributed by atoms with Crippen LogP contribution in [0.3, 0.4) is 0 Å². The smallest absolute Gasteiger partial charge is 0.0104 e. The minimum atomic E-state index is 0.760. The number of rotatable bonds is 8. The van der Waals surface area contributed by atoms with Crippen molar-refractivity contribution in [2.75, 3.05) is 33.2 Å². The molecule has 0 spiro atoms. The Hall–Kier alpha value is -0.380. The SMILES string of the molecule is CC(C)CN(C)CCNCCc1ccsc1. The molecule has 2 nitrogen and oxygen atoms in total. The van der Waals surface area contributed by atoms with Gasteiger partial charge in [0.1, 0.15) is 0 Å². The summed E-state index contributed by atoms with van der Waals surface area (Å²) in [5.41, 5.74) is 1.45. The average molecular weight is 240 g/mol. The molecule has 1 heterocycles. The summed E-state index contributed by atoms with van der Waals surface area (Å²) in [6.07, 6.45) is 1.15. The second-order valence-corrected chi connectivity index (χ2v) is 5.57. The van der Waals surface area contributed by atoms with Gasteiger partial charge in [-0.05, 0) is 48.3 Å². The van der Waals surface area contributed by atoms with Crippen molar-refractivity contribution in [3.8, 4) is 0 Å². The topological polar surface area (TPSA) is 15.3 Å². The van der Waals surface area contributed by atoms with Crippen molar-refractivity contribution < 1.29 is 0 Å². The van der Waals surface area contributed by atoms with Gasteiger partial charge in [-0.2, -0.15) is 11.3 Å². The molecule has 0 aromatic carbocycles. The normalized spacial score (nSPS) is 11.6. The summed E-state index contributed by atoms with van der Waals surface area (Å²) in [6, 6.07) is 2.21. The van der Waals surface area contributed by atoms with Crippen LogP contribution >= 0.6 is 11.3 Å². The molecule has 3 heteroatoms. The lowest BCUT2D eigenvalue weighted by molar-refractivity contribution is 0.295. The van der Waals surface area contributed by atoms with Crippen LogP contribution in [0, 0.1) is 5.92 Å². The summed E-state index contributed by atoms with van der Waals surface area (Å²) in [6.45, 7) is 9.04. The van der Waals surface area contributed by atoms with Crippen LogP contribution in [0.4, 0.5) is 0 Å². The first-order valence-corrected chi connectivity index (χ1v) is 7.03. The van der Waals surface area contributed by atoms with Crippen molar-refractivity contribution in [3.63, 3.8) is 0 Å². The number of nitrogens with zero attached hydrogens (tertiary/aromatic N) is 1. The predicted molar refractivity (Wildman–Crippen MR) is 73.2 cm³/mol. The van der Waals surface area contributed by atoms with Crippen LogP contribution in [0.2, 0.25) is 0 Å². The van der Waals surface area contributed by atoms with Gasteiger partial charge < -0.3 is 10.2 Å². The summed E-state index contributed by atoms with van der Waals surface area (Å²) >= 11 is 1.78. The maximum atomic E-state index is 3.49. The molecule has 92 valence electrons. The molecule has 0 amide bonds. The van der Waals surface area contributed by atoms with Crippen LogP contribution in [0.15, 0.2) is 16.8 Å². The Labute approximate surface area is 104 Å². The molecule has 0 saturated heterocycles. The standard InChI is InChI=1S/C13H24N2S/c1-12(2)10-15(3)8-7-14-6-4-13-5-9-16-11-13/h5,9,11-12,14H,4,6-8,10H2,1-3H3. The molecule has 1 aromatic heterocycles. The minimum absolute atomic E-state index is 0.760. The largest absolute Gasteiger partial charge is 0.315 e. The molecule has 0 bridgehead atoms. The highest BCUT2D eigenvalue weighted by Crippen LogP contribution is 2.05. The Morgan fingerprint density at radius 3 is 2.81 bits per heavy atom. The van der Waals surface area contributed by atoms with E-state index < -0.39 is 0 Å². The fourth-order valence-corrected chi connectivity index (χ4v) is 2.48. The molecular weight excluding hydrogens is 216 g/mol. The zero-order chi connectivity index (χ0) is 11.8. The molecule has 0 unspecified atom stereocenters. The van der Waals surface area contributed by atoms with E-state index in [1.54, 1.807) is 11.3 Å². The Kier molecular flexibility index (Phi) is 6.69. The summed E-state index contributed by atoms with van der Waals surface area (Å²) in [5.74, 6) is 0.760. The van der Waals surface area contributed by atoms with E-state index >= 15 is 0 Å². The lowest BCUT2D eigenvalue weighted by Crippen LogP contribution is -2.32. The van der Waals surface area contributed by atoms with Crippen LogP contribution in [0.1, 0.15) is 19.4 Å². The van der Waals surface area contributed by atoms with Gasteiger partial charge in [-0.1, -0.05) is 13.8 Å². The Morgan fingerprint density at radius 1 is 1.38 bits per heavy atom. The average Bonchev–Trinajstić information content (AvgIpc) is 2.68. The molecule has 1 rings (SSSR count). The van der Waals surface area contributed by atoms with Crippen molar-refractivity contribution >= 4 is 11.3 Å². The van der Waals surface area contributed by atoms with Gasteiger partial charge in [0.2, 0.25) is 0 Å². The first-order chi connectivity index (χ1) is 7.68. The number of likely N-dealkylation sites (N-methyl/N-ethyl adjacent to an activating group) is 1. The summed E-state index contributed by atoms with van der Waals surface area (Å²) in [5, 5.41) is 7.86. The van der Waals surface area contributed by atoms with Gasteiger partial charge in [0, 0.05) is 19.6 Å². The van der Waals surface area contributed by atoms with Gasteiger partial charge in [0.05, 0.1) is 0 Å². The predicted octanol–water partition coefficient (Wildman–Crippen LogP) is 2.47. The number of thiophene rings is 1. The summed E-state index contributed by atoms with van der Waals surface area (Å²) in [4.78, 5) is 2.39. The lowest BCUT2D eigenvalue weighted by Gasteiger charge is -2.18. The van der Waals surface area contributed by atoms with Crippen molar-refractivity contribution in [3.05, 3.63) is 22.4 Å². The number of nitrogens with one attached hydrogen (secondary N) is 1. The fraction of sp³-hybridized carbons (Fsp3) is 0.692. The molecule has 0 fully saturated rings. The van der Waals surface area contributed by atoms with Gasteiger partial charge in [0.15, 0.2) is 0 Å². The molecule has 0 radical (unpaired) electrons. The maximum Gasteiger partial charge on any atom is 0.0104 e. The van der Waals surface area contributed by atoms with Crippen LogP contribution < -0.4 is 5.32 Å². The minimum Gasteiger partial charge on any atom is -0.315 e. The first kappa shape index (κ1) is 13.7. The Balaban J connectivity index is 1.95. The van der Waals surface area contributed by atoms with Gasteiger partial charge >= 0.3 is 0 Å². The highest BCUT2D eigenvalue weighted by Gasteiger charge is 2.00. The Bertz CT molecular complexity index is 257. The van der Waals surface area contributed by atoms with E-state index in [-0.39, 0.29) is 0 Å². The molecule has 0 aliphatic rings. The molecule has 0 atom stereocenters. The number of hydrogen-bond donors (Lipinski definition) is 1. The van der Waals surface area contributed by atoms with Crippen molar-refractivity contribution in [1.29, 1.82) is 0 Å². The summed E-state index contributed by atoms with van der Waals surface area (Å²) < 4.78 is 0. The molecular formula is C13H24N2S. The quantitative estimate of drug-likeness (QED) is 0.702. The van der Waals surface area contributed by atoms with Crippen LogP contribution in [0.25, 0.3) is 0 Å². The summed E-state index contributed by atoms with van der Waals surface area (Å²) in [7, 11) is 2.19. The first-order valence-electron chi connectivity index (χ1n) is 6.09. The monoisotopic (exact) mass is 240 g/mol. The second-order valence-electron chi connectivity index (χ2n) is 4.79. The van der Waals surface area contributed by atoms with Crippen LogP contribution in [-0.2, 0) is 6.42 Å². The fourth-order valence-electron chi connectivity index (χ4n) is 1.78. The van der Waals surface area contributed by atoms with E-state index in [0.717, 1.165) is 32.0 Å². The molecule has 1 aromatic rings. The molecule has 1 N–H and O–H groups in total. The number of hydrogen-bond acceptors (Lipinski definition) is 3. The van der Waals surface area contributed by atoms with Crippen LogP contribution in [0.5, 0.6) is 0 Å². The highest BCUT2D eigenvalue weighted by atomic mass is 32.1.